The second kappa shape index (κ2) is 7.16. The van der Waals surface area contributed by atoms with Crippen LogP contribution in [0.4, 0.5) is 13.2 Å². The minimum absolute atomic E-state index is 0.100. The lowest BCUT2D eigenvalue weighted by Gasteiger charge is -2.37. The van der Waals surface area contributed by atoms with E-state index in [1.165, 1.54) is 12.1 Å². The molecule has 2 nitrogen and oxygen atoms in total. The van der Waals surface area contributed by atoms with E-state index in [9.17, 15) is 13.2 Å². The quantitative estimate of drug-likeness (QED) is 0.734. The van der Waals surface area contributed by atoms with Gasteiger partial charge in [0.05, 0.1) is 11.2 Å². The van der Waals surface area contributed by atoms with Gasteiger partial charge in [0.25, 0.3) is 0 Å². The van der Waals surface area contributed by atoms with Crippen molar-refractivity contribution < 1.29 is 17.9 Å². The van der Waals surface area contributed by atoms with Gasteiger partial charge in [-0.3, -0.25) is 0 Å². The maximum atomic E-state index is 13.1. The summed E-state index contributed by atoms with van der Waals surface area (Å²) in [5.41, 5.74) is -0.0175. The predicted octanol–water partition coefficient (Wildman–Crippen LogP) is 5.31. The molecule has 0 bridgehead atoms. The van der Waals surface area contributed by atoms with E-state index in [1.54, 1.807) is 6.07 Å². The first-order valence-corrected chi connectivity index (χ1v) is 9.65. The molecule has 1 aromatic rings. The number of alkyl halides is 3. The van der Waals surface area contributed by atoms with Crippen LogP contribution >= 0.6 is 0 Å². The first kappa shape index (κ1) is 19.7. The molecule has 1 saturated heterocycles. The summed E-state index contributed by atoms with van der Waals surface area (Å²) in [4.78, 5) is 0. The lowest BCUT2D eigenvalue weighted by atomic mass is 9.74. The average molecular weight is 369 g/mol. The number of nitrogens with one attached hydrogen (secondary N) is 1. The van der Waals surface area contributed by atoms with Crippen LogP contribution in [-0.2, 0) is 16.3 Å². The van der Waals surface area contributed by atoms with Gasteiger partial charge < -0.3 is 10.1 Å². The SMILES string of the molecule is CC1(C)C[C@H](NCC[C@@](C)(c2cccc(C(F)(F)F)c2)C2CC2)CCO1. The summed E-state index contributed by atoms with van der Waals surface area (Å²) in [6.07, 6.45) is 0.751. The molecule has 2 aliphatic rings. The fourth-order valence-electron chi connectivity index (χ4n) is 4.30. The summed E-state index contributed by atoms with van der Waals surface area (Å²) in [6, 6.07) is 6.36. The first-order valence-electron chi connectivity index (χ1n) is 9.65. The summed E-state index contributed by atoms with van der Waals surface area (Å²) in [6.45, 7) is 7.94. The maximum absolute atomic E-state index is 13.1. The van der Waals surface area contributed by atoms with Crippen molar-refractivity contribution in [3.63, 3.8) is 0 Å². The van der Waals surface area contributed by atoms with Crippen molar-refractivity contribution in [1.29, 1.82) is 0 Å². The molecule has 0 aromatic heterocycles. The van der Waals surface area contributed by atoms with Crippen LogP contribution in [0.1, 0.15) is 64.0 Å². The standard InChI is InChI=1S/C21H30F3NO/c1-19(2)14-18(9-12-26-19)25-11-10-20(3,15-7-8-15)16-5-4-6-17(13-16)21(22,23)24/h4-6,13,15,18,25H,7-12,14H2,1-3H3/t18-,20-/m1/s1. The Bertz CT molecular complexity index is 624. The van der Waals surface area contributed by atoms with E-state index in [2.05, 4.69) is 26.1 Å². The van der Waals surface area contributed by atoms with Crippen molar-refractivity contribution in [2.45, 2.75) is 76.1 Å². The monoisotopic (exact) mass is 369 g/mol. The van der Waals surface area contributed by atoms with Crippen LogP contribution in [0.3, 0.4) is 0 Å². The van der Waals surface area contributed by atoms with E-state index in [0.29, 0.717) is 12.0 Å². The highest BCUT2D eigenvalue weighted by Crippen LogP contribution is 2.49. The first-order chi connectivity index (χ1) is 12.1. The van der Waals surface area contributed by atoms with Gasteiger partial charge in [0, 0.05) is 12.6 Å². The summed E-state index contributed by atoms with van der Waals surface area (Å²) >= 11 is 0. The second-order valence-corrected chi connectivity index (χ2v) is 8.77. The Morgan fingerprint density at radius 1 is 1.15 bits per heavy atom. The number of rotatable bonds is 6. The molecule has 3 rings (SSSR count). The molecule has 1 N–H and O–H groups in total. The summed E-state index contributed by atoms with van der Waals surface area (Å²) in [7, 11) is 0. The highest BCUT2D eigenvalue weighted by atomic mass is 19.4. The van der Waals surface area contributed by atoms with Gasteiger partial charge in [0.15, 0.2) is 0 Å². The van der Waals surface area contributed by atoms with Crippen LogP contribution < -0.4 is 5.32 Å². The van der Waals surface area contributed by atoms with Crippen molar-refractivity contribution in [3.05, 3.63) is 35.4 Å². The third kappa shape index (κ3) is 4.61. The van der Waals surface area contributed by atoms with Gasteiger partial charge in [0.2, 0.25) is 0 Å². The normalized spacial score (nSPS) is 25.7. The van der Waals surface area contributed by atoms with Crippen molar-refractivity contribution >= 4 is 0 Å². The molecule has 5 heteroatoms. The van der Waals surface area contributed by atoms with Crippen LogP contribution in [0, 0.1) is 5.92 Å². The number of benzene rings is 1. The van der Waals surface area contributed by atoms with Crippen LogP contribution in [0.15, 0.2) is 24.3 Å². The Kier molecular flexibility index (Phi) is 5.42. The topological polar surface area (TPSA) is 21.3 Å². The van der Waals surface area contributed by atoms with E-state index < -0.39 is 11.7 Å². The van der Waals surface area contributed by atoms with E-state index in [0.717, 1.165) is 50.8 Å². The van der Waals surface area contributed by atoms with Crippen molar-refractivity contribution in [3.8, 4) is 0 Å². The lowest BCUT2D eigenvalue weighted by molar-refractivity contribution is -0.137. The third-order valence-electron chi connectivity index (χ3n) is 6.10. The lowest BCUT2D eigenvalue weighted by Crippen LogP contribution is -2.45. The van der Waals surface area contributed by atoms with Gasteiger partial charge in [-0.25, -0.2) is 0 Å². The number of ether oxygens (including phenoxy) is 1. The number of hydrogen-bond donors (Lipinski definition) is 1. The molecule has 0 amide bonds. The predicted molar refractivity (Wildman–Crippen MR) is 97.2 cm³/mol. The van der Waals surface area contributed by atoms with Gasteiger partial charge in [-0.15, -0.1) is 0 Å². The molecule has 1 aliphatic carbocycles. The molecule has 1 heterocycles. The van der Waals surface area contributed by atoms with Gasteiger partial charge in [-0.05, 0) is 75.5 Å². The smallest absolute Gasteiger partial charge is 0.375 e. The Morgan fingerprint density at radius 3 is 2.46 bits per heavy atom. The van der Waals surface area contributed by atoms with Crippen molar-refractivity contribution in [1.82, 2.24) is 5.32 Å². The van der Waals surface area contributed by atoms with Gasteiger partial charge >= 0.3 is 6.18 Å². The minimum Gasteiger partial charge on any atom is -0.375 e. The molecule has 0 radical (unpaired) electrons. The fraction of sp³-hybridized carbons (Fsp3) is 0.714. The zero-order valence-corrected chi connectivity index (χ0v) is 16.0. The Balaban J connectivity index is 1.67. The molecule has 1 saturated carbocycles. The van der Waals surface area contributed by atoms with Crippen LogP contribution in [0.25, 0.3) is 0 Å². The molecular formula is C21H30F3NO. The molecule has 0 spiro atoms. The van der Waals surface area contributed by atoms with Gasteiger partial charge in [-0.2, -0.15) is 13.2 Å². The largest absolute Gasteiger partial charge is 0.416 e. The van der Waals surface area contributed by atoms with E-state index in [-0.39, 0.29) is 11.0 Å². The molecule has 1 aromatic carbocycles. The van der Waals surface area contributed by atoms with Crippen LogP contribution in [0.5, 0.6) is 0 Å². The highest BCUT2D eigenvalue weighted by molar-refractivity contribution is 5.33. The highest BCUT2D eigenvalue weighted by Gasteiger charge is 2.43. The number of hydrogen-bond acceptors (Lipinski definition) is 2. The zero-order valence-electron chi connectivity index (χ0n) is 16.0. The summed E-state index contributed by atoms with van der Waals surface area (Å²) in [5, 5.41) is 3.63. The Hall–Kier alpha value is -1.07. The van der Waals surface area contributed by atoms with Gasteiger partial charge in [0.1, 0.15) is 0 Å². The molecule has 2 atom stereocenters. The van der Waals surface area contributed by atoms with Crippen LogP contribution in [0.2, 0.25) is 0 Å². The van der Waals surface area contributed by atoms with Crippen LogP contribution in [-0.4, -0.2) is 24.8 Å². The minimum atomic E-state index is -4.29. The maximum Gasteiger partial charge on any atom is 0.416 e. The average Bonchev–Trinajstić information content (AvgIpc) is 3.38. The second-order valence-electron chi connectivity index (χ2n) is 8.77. The summed E-state index contributed by atoms with van der Waals surface area (Å²) in [5.74, 6) is 0.485. The van der Waals surface area contributed by atoms with E-state index in [1.807, 2.05) is 6.07 Å². The van der Waals surface area contributed by atoms with E-state index in [4.69, 9.17) is 4.74 Å². The van der Waals surface area contributed by atoms with Crippen molar-refractivity contribution in [2.24, 2.45) is 5.92 Å². The zero-order chi connectivity index (χ0) is 19.0. The third-order valence-corrected chi connectivity index (χ3v) is 6.10. The van der Waals surface area contributed by atoms with Gasteiger partial charge in [-0.1, -0.05) is 25.1 Å². The Labute approximate surface area is 154 Å². The molecule has 1 aliphatic heterocycles. The molecule has 0 unspecified atom stereocenters. The summed E-state index contributed by atoms with van der Waals surface area (Å²) < 4.78 is 45.1. The molecule has 146 valence electrons. The molecular weight excluding hydrogens is 339 g/mol. The number of halogens is 3. The molecule has 2 fully saturated rings. The van der Waals surface area contributed by atoms with Crippen molar-refractivity contribution in [2.75, 3.05) is 13.2 Å². The van der Waals surface area contributed by atoms with E-state index >= 15 is 0 Å². The molecule has 26 heavy (non-hydrogen) atoms. The Morgan fingerprint density at radius 2 is 1.85 bits per heavy atom. The fourth-order valence-corrected chi connectivity index (χ4v) is 4.30.